The lowest BCUT2D eigenvalue weighted by Gasteiger charge is -2.34. The van der Waals surface area contributed by atoms with Crippen molar-refractivity contribution in [3.05, 3.63) is 0 Å². The number of rotatable bonds is 5. The van der Waals surface area contributed by atoms with Gasteiger partial charge in [-0.3, -0.25) is 0 Å². The van der Waals surface area contributed by atoms with Crippen molar-refractivity contribution in [2.75, 3.05) is 6.54 Å². The Labute approximate surface area is 109 Å². The quantitative estimate of drug-likeness (QED) is 0.792. The SMILES string of the molecule is CCCCC(NC(=O)N1CCCCC1C)C(=O)O. The van der Waals surface area contributed by atoms with Crippen molar-refractivity contribution in [2.24, 2.45) is 0 Å². The van der Waals surface area contributed by atoms with Crippen molar-refractivity contribution in [3.8, 4) is 0 Å². The summed E-state index contributed by atoms with van der Waals surface area (Å²) in [7, 11) is 0. The van der Waals surface area contributed by atoms with Crippen LogP contribution in [0, 0.1) is 0 Å². The standard InChI is InChI=1S/C13H24N2O3/c1-3-4-8-11(12(16)17)14-13(18)15-9-6-5-7-10(15)2/h10-11H,3-9H2,1-2H3,(H,14,18)(H,16,17). The lowest BCUT2D eigenvalue weighted by Crippen LogP contribution is -2.52. The number of carbonyl (C=O) groups excluding carboxylic acids is 1. The molecule has 0 bridgehead atoms. The first-order valence-corrected chi connectivity index (χ1v) is 6.86. The second-order valence-corrected chi connectivity index (χ2v) is 5.02. The average molecular weight is 256 g/mol. The highest BCUT2D eigenvalue weighted by Crippen LogP contribution is 2.16. The summed E-state index contributed by atoms with van der Waals surface area (Å²) >= 11 is 0. The lowest BCUT2D eigenvalue weighted by molar-refractivity contribution is -0.139. The Bertz CT molecular complexity index is 294. The summed E-state index contributed by atoms with van der Waals surface area (Å²) in [5.41, 5.74) is 0. The number of nitrogens with zero attached hydrogens (tertiary/aromatic N) is 1. The maximum absolute atomic E-state index is 12.0. The minimum absolute atomic E-state index is 0.208. The molecule has 2 N–H and O–H groups in total. The van der Waals surface area contributed by atoms with Gasteiger partial charge >= 0.3 is 12.0 Å². The number of urea groups is 1. The largest absolute Gasteiger partial charge is 0.480 e. The van der Waals surface area contributed by atoms with Gasteiger partial charge in [0, 0.05) is 12.6 Å². The number of unbranched alkanes of at least 4 members (excludes halogenated alkanes) is 1. The van der Waals surface area contributed by atoms with E-state index in [-0.39, 0.29) is 12.1 Å². The van der Waals surface area contributed by atoms with Gasteiger partial charge in [-0.2, -0.15) is 0 Å². The minimum Gasteiger partial charge on any atom is -0.480 e. The molecule has 0 aromatic heterocycles. The van der Waals surface area contributed by atoms with Gasteiger partial charge in [-0.25, -0.2) is 9.59 Å². The van der Waals surface area contributed by atoms with Gasteiger partial charge in [0.2, 0.25) is 0 Å². The van der Waals surface area contributed by atoms with Crippen LogP contribution in [0.1, 0.15) is 52.4 Å². The summed E-state index contributed by atoms with van der Waals surface area (Å²) in [6, 6.07) is -0.781. The van der Waals surface area contributed by atoms with E-state index in [0.717, 1.165) is 38.6 Å². The van der Waals surface area contributed by atoms with Crippen molar-refractivity contribution in [3.63, 3.8) is 0 Å². The summed E-state index contributed by atoms with van der Waals surface area (Å²) < 4.78 is 0. The summed E-state index contributed by atoms with van der Waals surface area (Å²) in [6.45, 7) is 4.75. The molecule has 0 aromatic carbocycles. The molecule has 2 atom stereocenters. The number of hydrogen-bond acceptors (Lipinski definition) is 2. The molecule has 1 fully saturated rings. The molecule has 1 rings (SSSR count). The molecule has 1 heterocycles. The second-order valence-electron chi connectivity index (χ2n) is 5.02. The number of piperidine rings is 1. The number of amides is 2. The van der Waals surface area contributed by atoms with E-state index in [1.54, 1.807) is 4.90 Å². The highest BCUT2D eigenvalue weighted by atomic mass is 16.4. The van der Waals surface area contributed by atoms with Crippen LogP contribution in [0.25, 0.3) is 0 Å². The van der Waals surface area contributed by atoms with E-state index >= 15 is 0 Å². The minimum atomic E-state index is -0.943. The van der Waals surface area contributed by atoms with E-state index < -0.39 is 12.0 Å². The van der Waals surface area contributed by atoms with Gasteiger partial charge in [-0.1, -0.05) is 19.8 Å². The topological polar surface area (TPSA) is 69.6 Å². The molecule has 2 amide bonds. The van der Waals surface area contributed by atoms with Crippen LogP contribution in [0.3, 0.4) is 0 Å². The van der Waals surface area contributed by atoms with E-state index in [9.17, 15) is 9.59 Å². The summed E-state index contributed by atoms with van der Waals surface area (Å²) in [5, 5.41) is 11.7. The van der Waals surface area contributed by atoms with Gasteiger partial charge in [-0.05, 0) is 32.6 Å². The molecule has 2 unspecified atom stereocenters. The maximum atomic E-state index is 12.0. The monoisotopic (exact) mass is 256 g/mol. The predicted molar refractivity (Wildman–Crippen MR) is 69.5 cm³/mol. The Morgan fingerprint density at radius 3 is 2.72 bits per heavy atom. The van der Waals surface area contributed by atoms with Crippen LogP contribution >= 0.6 is 0 Å². The van der Waals surface area contributed by atoms with Crippen LogP contribution in [0.4, 0.5) is 4.79 Å². The average Bonchev–Trinajstić information content (AvgIpc) is 2.34. The fraction of sp³-hybridized carbons (Fsp3) is 0.846. The van der Waals surface area contributed by atoms with Crippen molar-refractivity contribution < 1.29 is 14.7 Å². The molecule has 1 aliphatic heterocycles. The van der Waals surface area contributed by atoms with Crippen LogP contribution < -0.4 is 5.32 Å². The van der Waals surface area contributed by atoms with Gasteiger partial charge in [-0.15, -0.1) is 0 Å². The van der Waals surface area contributed by atoms with Crippen LogP contribution in [0.2, 0.25) is 0 Å². The number of aliphatic carboxylic acids is 1. The Balaban J connectivity index is 2.51. The summed E-state index contributed by atoms with van der Waals surface area (Å²) in [6.07, 6.45) is 5.39. The van der Waals surface area contributed by atoms with Gasteiger partial charge in [0.1, 0.15) is 6.04 Å². The fourth-order valence-corrected chi connectivity index (χ4v) is 2.30. The summed E-state index contributed by atoms with van der Waals surface area (Å²) in [5.74, 6) is -0.943. The Kier molecular flexibility index (Phi) is 5.95. The van der Waals surface area contributed by atoms with Gasteiger partial charge < -0.3 is 15.3 Å². The maximum Gasteiger partial charge on any atom is 0.326 e. The first kappa shape index (κ1) is 14.8. The normalized spacial score (nSPS) is 21.4. The molecule has 1 aliphatic rings. The number of carbonyl (C=O) groups is 2. The molecule has 1 saturated heterocycles. The van der Waals surface area contributed by atoms with Crippen LogP contribution in [0.5, 0.6) is 0 Å². The molecule has 0 saturated carbocycles. The lowest BCUT2D eigenvalue weighted by atomic mass is 10.0. The van der Waals surface area contributed by atoms with E-state index in [1.807, 2.05) is 13.8 Å². The van der Waals surface area contributed by atoms with Crippen LogP contribution in [0.15, 0.2) is 0 Å². The second kappa shape index (κ2) is 7.24. The molecule has 0 radical (unpaired) electrons. The number of carboxylic acid groups (broad SMARTS) is 1. The van der Waals surface area contributed by atoms with E-state index in [1.165, 1.54) is 0 Å². The van der Waals surface area contributed by atoms with Gasteiger partial charge in [0.25, 0.3) is 0 Å². The van der Waals surface area contributed by atoms with Crippen molar-refractivity contribution in [1.82, 2.24) is 10.2 Å². The fourth-order valence-electron chi connectivity index (χ4n) is 2.30. The third kappa shape index (κ3) is 4.20. The van der Waals surface area contributed by atoms with E-state index in [0.29, 0.717) is 6.42 Å². The molecule has 104 valence electrons. The van der Waals surface area contributed by atoms with E-state index in [2.05, 4.69) is 5.32 Å². The van der Waals surface area contributed by atoms with Crippen molar-refractivity contribution >= 4 is 12.0 Å². The first-order valence-electron chi connectivity index (χ1n) is 6.86. The molecule has 18 heavy (non-hydrogen) atoms. The zero-order chi connectivity index (χ0) is 13.5. The third-order valence-electron chi connectivity index (χ3n) is 3.51. The predicted octanol–water partition coefficient (Wildman–Crippen LogP) is 2.21. The molecule has 0 spiro atoms. The molecular weight excluding hydrogens is 232 g/mol. The van der Waals surface area contributed by atoms with Gasteiger partial charge in [0.05, 0.1) is 0 Å². The van der Waals surface area contributed by atoms with Crippen LogP contribution in [-0.2, 0) is 4.79 Å². The molecular formula is C13H24N2O3. The molecule has 5 nitrogen and oxygen atoms in total. The number of nitrogens with one attached hydrogen (secondary N) is 1. The zero-order valence-corrected chi connectivity index (χ0v) is 11.3. The smallest absolute Gasteiger partial charge is 0.326 e. The van der Waals surface area contributed by atoms with Crippen molar-refractivity contribution in [1.29, 1.82) is 0 Å². The molecule has 0 aliphatic carbocycles. The first-order chi connectivity index (χ1) is 8.56. The Hall–Kier alpha value is -1.26. The Morgan fingerprint density at radius 2 is 2.17 bits per heavy atom. The number of likely N-dealkylation sites (tertiary alicyclic amines) is 1. The highest BCUT2D eigenvalue weighted by molar-refractivity contribution is 5.82. The van der Waals surface area contributed by atoms with Crippen LogP contribution in [-0.4, -0.2) is 40.6 Å². The number of carboxylic acids is 1. The molecule has 5 heteroatoms. The highest BCUT2D eigenvalue weighted by Gasteiger charge is 2.27. The molecule has 0 aromatic rings. The number of hydrogen-bond donors (Lipinski definition) is 2. The Morgan fingerprint density at radius 1 is 1.44 bits per heavy atom. The summed E-state index contributed by atoms with van der Waals surface area (Å²) in [4.78, 5) is 24.9. The third-order valence-corrected chi connectivity index (χ3v) is 3.51. The zero-order valence-electron chi connectivity index (χ0n) is 11.3. The van der Waals surface area contributed by atoms with E-state index in [4.69, 9.17) is 5.11 Å². The van der Waals surface area contributed by atoms with Gasteiger partial charge in [0.15, 0.2) is 0 Å². The van der Waals surface area contributed by atoms with Crippen molar-refractivity contribution in [2.45, 2.75) is 64.5 Å².